The molecule has 0 spiro atoms. The Balaban J connectivity index is 1.24. The number of Topliss-reactive ketones (excluding diaryl/α,β-unsaturated/α-hetero) is 1. The van der Waals surface area contributed by atoms with Gasteiger partial charge in [0.1, 0.15) is 29.6 Å². The topological polar surface area (TPSA) is 72.5 Å². The number of fused-ring (bicyclic) bond motifs is 3. The van der Waals surface area contributed by atoms with E-state index in [2.05, 4.69) is 15.9 Å². The maximum absolute atomic E-state index is 13.0. The summed E-state index contributed by atoms with van der Waals surface area (Å²) in [7, 11) is 0. The number of carbonyl (C=O) groups excluding carboxylic acids is 1. The molecule has 3 aromatic rings. The number of ketones is 1. The van der Waals surface area contributed by atoms with Crippen molar-refractivity contribution in [2.45, 2.75) is 19.8 Å². The molecule has 178 valence electrons. The summed E-state index contributed by atoms with van der Waals surface area (Å²) in [5.74, 6) is 2.37. The number of hydrogen-bond donors (Lipinski definition) is 0. The first kappa shape index (κ1) is 22.4. The Morgan fingerprint density at radius 2 is 1.74 bits per heavy atom. The first-order chi connectivity index (χ1) is 17.0. The minimum absolute atomic E-state index is 0.139. The lowest BCUT2D eigenvalue weighted by atomic mass is 10.1. The van der Waals surface area contributed by atoms with Gasteiger partial charge in [-0.05, 0) is 42.5 Å². The van der Waals surface area contributed by atoms with Gasteiger partial charge in [-0.15, -0.1) is 0 Å². The molecular weight excluding hydrogens is 540 g/mol. The molecule has 0 aliphatic carbocycles. The first-order valence-electron chi connectivity index (χ1n) is 10.8. The summed E-state index contributed by atoms with van der Waals surface area (Å²) in [6.45, 7) is 1.51. The predicted molar refractivity (Wildman–Crippen MR) is 130 cm³/mol. The van der Waals surface area contributed by atoms with E-state index in [1.54, 1.807) is 36.4 Å². The quantitative estimate of drug-likeness (QED) is 0.363. The maximum Gasteiger partial charge on any atom is 0.231 e. The van der Waals surface area contributed by atoms with Crippen molar-refractivity contribution in [3.63, 3.8) is 0 Å². The first-order valence-corrected chi connectivity index (χ1v) is 12.0. The molecule has 0 fully saturated rings. The number of benzene rings is 3. The van der Waals surface area contributed by atoms with Gasteiger partial charge in [0, 0.05) is 37.8 Å². The highest BCUT2D eigenvalue weighted by Gasteiger charge is 2.29. The molecule has 0 atom stereocenters. The largest absolute Gasteiger partial charge is 0.489 e. The van der Waals surface area contributed by atoms with Gasteiger partial charge in [0.05, 0.1) is 18.8 Å². The lowest BCUT2D eigenvalue weighted by Gasteiger charge is -2.21. The summed E-state index contributed by atoms with van der Waals surface area (Å²) in [6.07, 6.45) is 1.64. The summed E-state index contributed by atoms with van der Waals surface area (Å²) in [6, 6.07) is 12.6. The third kappa shape index (κ3) is 4.38. The molecule has 0 N–H and O–H groups in total. The molecule has 9 heteroatoms. The normalized spacial score (nSPS) is 17.1. The number of rotatable bonds is 4. The van der Waals surface area contributed by atoms with Crippen LogP contribution in [0.5, 0.6) is 23.0 Å². The standard InChI is InChI=1S/C26H18BrClO7/c27-18-3-15-9-30-13-34-26(15)16(4-18)11-32-20-1-2-21-22(8-20)35-23(24(21)29)7-14-5-19(28)6-17-10-31-12-33-25(14)17/h1-8H,9-13H2/b23-7-. The van der Waals surface area contributed by atoms with Crippen molar-refractivity contribution in [1.29, 1.82) is 0 Å². The number of ether oxygens (including phenoxy) is 6. The second-order valence-electron chi connectivity index (χ2n) is 8.14. The molecule has 0 radical (unpaired) electrons. The van der Waals surface area contributed by atoms with Gasteiger partial charge in [0.2, 0.25) is 5.78 Å². The average molecular weight is 558 g/mol. The summed E-state index contributed by atoms with van der Waals surface area (Å²) in [5, 5.41) is 0.522. The van der Waals surface area contributed by atoms with E-state index in [4.69, 9.17) is 40.0 Å². The fourth-order valence-electron chi connectivity index (χ4n) is 4.24. The molecule has 0 saturated heterocycles. The van der Waals surface area contributed by atoms with Crippen LogP contribution in [0.15, 0.2) is 52.7 Å². The molecule has 0 amide bonds. The smallest absolute Gasteiger partial charge is 0.231 e. The van der Waals surface area contributed by atoms with E-state index in [1.165, 1.54) is 0 Å². The van der Waals surface area contributed by atoms with Crippen LogP contribution in [-0.4, -0.2) is 19.4 Å². The van der Waals surface area contributed by atoms with Crippen LogP contribution in [0.2, 0.25) is 5.02 Å². The molecule has 3 aliphatic heterocycles. The van der Waals surface area contributed by atoms with Gasteiger partial charge in [-0.25, -0.2) is 0 Å². The Morgan fingerprint density at radius 3 is 2.57 bits per heavy atom. The van der Waals surface area contributed by atoms with Gasteiger partial charge < -0.3 is 28.4 Å². The molecule has 35 heavy (non-hydrogen) atoms. The Kier molecular flexibility index (Phi) is 5.89. The predicted octanol–water partition coefficient (Wildman–Crippen LogP) is 6.03. The zero-order valence-electron chi connectivity index (χ0n) is 18.3. The van der Waals surface area contributed by atoms with Crippen LogP contribution in [-0.2, 0) is 29.3 Å². The Bertz CT molecular complexity index is 1380. The number of allylic oxidation sites excluding steroid dienone is 1. The Labute approximate surface area is 214 Å². The van der Waals surface area contributed by atoms with E-state index < -0.39 is 0 Å². The zero-order chi connectivity index (χ0) is 23.9. The van der Waals surface area contributed by atoms with Crippen LogP contribution in [0.25, 0.3) is 6.08 Å². The highest BCUT2D eigenvalue weighted by Crippen LogP contribution is 2.39. The van der Waals surface area contributed by atoms with Crippen LogP contribution in [0.3, 0.4) is 0 Å². The fourth-order valence-corrected chi connectivity index (χ4v) is 5.04. The SMILES string of the molecule is O=C1/C(=C/c2cc(Cl)cc3c2OCOC3)Oc2cc(OCc3cc(Br)cc4c3OCOC4)ccc21. The fraction of sp³-hybridized carbons (Fsp3) is 0.192. The summed E-state index contributed by atoms with van der Waals surface area (Å²) in [4.78, 5) is 13.0. The highest BCUT2D eigenvalue weighted by atomic mass is 79.9. The van der Waals surface area contributed by atoms with Crippen LogP contribution in [0.1, 0.15) is 32.6 Å². The Morgan fingerprint density at radius 1 is 0.971 bits per heavy atom. The van der Waals surface area contributed by atoms with Crippen molar-refractivity contribution in [3.8, 4) is 23.0 Å². The van der Waals surface area contributed by atoms with Crippen molar-refractivity contribution < 1.29 is 33.2 Å². The van der Waals surface area contributed by atoms with E-state index in [0.29, 0.717) is 46.6 Å². The van der Waals surface area contributed by atoms with Crippen molar-refractivity contribution >= 4 is 39.4 Å². The second kappa shape index (κ2) is 9.20. The van der Waals surface area contributed by atoms with E-state index in [0.717, 1.165) is 26.9 Å². The van der Waals surface area contributed by atoms with Crippen LogP contribution >= 0.6 is 27.5 Å². The molecule has 0 saturated carbocycles. The third-order valence-corrected chi connectivity index (χ3v) is 6.45. The van der Waals surface area contributed by atoms with E-state index in [1.807, 2.05) is 12.1 Å². The van der Waals surface area contributed by atoms with Crippen LogP contribution in [0, 0.1) is 0 Å². The van der Waals surface area contributed by atoms with Gasteiger partial charge >= 0.3 is 0 Å². The number of hydrogen-bond acceptors (Lipinski definition) is 7. The van der Waals surface area contributed by atoms with Gasteiger partial charge in [-0.3, -0.25) is 4.79 Å². The number of carbonyl (C=O) groups is 1. The molecule has 0 aromatic heterocycles. The minimum Gasteiger partial charge on any atom is -0.489 e. The van der Waals surface area contributed by atoms with E-state index in [9.17, 15) is 4.79 Å². The summed E-state index contributed by atoms with van der Waals surface area (Å²) >= 11 is 9.77. The molecular formula is C26H18BrClO7. The molecule has 0 unspecified atom stereocenters. The summed E-state index contributed by atoms with van der Waals surface area (Å²) in [5.41, 5.74) is 3.79. The van der Waals surface area contributed by atoms with Crippen LogP contribution in [0.4, 0.5) is 0 Å². The van der Waals surface area contributed by atoms with E-state index in [-0.39, 0.29) is 31.7 Å². The van der Waals surface area contributed by atoms with Crippen molar-refractivity contribution in [2.75, 3.05) is 13.6 Å². The van der Waals surface area contributed by atoms with Crippen LogP contribution < -0.4 is 18.9 Å². The third-order valence-electron chi connectivity index (χ3n) is 5.78. The lowest BCUT2D eigenvalue weighted by Crippen LogP contribution is -2.14. The van der Waals surface area contributed by atoms with Gasteiger partial charge in [-0.2, -0.15) is 0 Å². The average Bonchev–Trinajstić information content (AvgIpc) is 3.16. The van der Waals surface area contributed by atoms with Gasteiger partial charge in [0.15, 0.2) is 19.3 Å². The van der Waals surface area contributed by atoms with E-state index >= 15 is 0 Å². The molecule has 3 heterocycles. The van der Waals surface area contributed by atoms with Gasteiger partial charge in [-0.1, -0.05) is 27.5 Å². The Hall–Kier alpha value is -3.04. The van der Waals surface area contributed by atoms with Crippen molar-refractivity contribution in [2.24, 2.45) is 0 Å². The molecule has 7 nitrogen and oxygen atoms in total. The highest BCUT2D eigenvalue weighted by molar-refractivity contribution is 9.10. The lowest BCUT2D eigenvalue weighted by molar-refractivity contribution is -0.0176. The monoisotopic (exact) mass is 556 g/mol. The molecule has 3 aliphatic rings. The molecule has 6 rings (SSSR count). The van der Waals surface area contributed by atoms with Crippen molar-refractivity contribution in [1.82, 2.24) is 0 Å². The molecule has 0 bridgehead atoms. The maximum atomic E-state index is 13.0. The minimum atomic E-state index is -0.221. The zero-order valence-corrected chi connectivity index (χ0v) is 20.6. The van der Waals surface area contributed by atoms with Gasteiger partial charge in [0.25, 0.3) is 0 Å². The number of halogens is 2. The van der Waals surface area contributed by atoms with Crippen molar-refractivity contribution in [3.05, 3.63) is 85.5 Å². The summed E-state index contributed by atoms with van der Waals surface area (Å²) < 4.78 is 34.8. The second-order valence-corrected chi connectivity index (χ2v) is 9.50. The molecule has 3 aromatic carbocycles.